The minimum absolute atomic E-state index is 0.544. The maximum absolute atomic E-state index is 6.58. The largest absolute Gasteiger partial charge is 0.455 e. The molecule has 0 unspecified atom stereocenters. The maximum atomic E-state index is 6.58. The van der Waals surface area contributed by atoms with Crippen molar-refractivity contribution in [3.05, 3.63) is 218 Å². The van der Waals surface area contributed by atoms with Gasteiger partial charge in [-0.15, -0.1) is 0 Å². The summed E-state index contributed by atoms with van der Waals surface area (Å²) >= 11 is 0. The van der Waals surface area contributed by atoms with Crippen LogP contribution in [-0.2, 0) is 0 Å². The lowest BCUT2D eigenvalue weighted by molar-refractivity contribution is 0.669. The Balaban J connectivity index is 1.17. The van der Waals surface area contributed by atoms with Gasteiger partial charge in [0.2, 0.25) is 0 Å². The SMILES string of the molecule is c1ccc(-c2ccc3c(-c4nc(-c5ccccc5)nc(-c5cccc6c5oc5ccccc56)n4)cc(-c4ccccc4)c(-n4c5ccccc5c5cc6ccccc6cc54)c3c2)cc1. The second-order valence-corrected chi connectivity index (χ2v) is 16.3. The van der Waals surface area contributed by atoms with Crippen molar-refractivity contribution in [2.24, 2.45) is 0 Å². The average molecular weight is 817 g/mol. The first-order valence-corrected chi connectivity index (χ1v) is 21.6. The van der Waals surface area contributed by atoms with E-state index >= 15 is 0 Å². The quantitative estimate of drug-likeness (QED) is 0.168. The molecule has 3 aromatic heterocycles. The van der Waals surface area contributed by atoms with Crippen LogP contribution in [0.15, 0.2) is 223 Å². The Kier molecular flexibility index (Phi) is 8.15. The van der Waals surface area contributed by atoms with Crippen molar-refractivity contribution in [2.45, 2.75) is 0 Å². The summed E-state index contributed by atoms with van der Waals surface area (Å²) < 4.78 is 9.07. The highest BCUT2D eigenvalue weighted by molar-refractivity contribution is 6.17. The minimum Gasteiger partial charge on any atom is -0.455 e. The zero-order valence-corrected chi connectivity index (χ0v) is 34.5. The number of para-hydroxylation sites is 3. The fraction of sp³-hybridized carbons (Fsp3) is 0. The van der Waals surface area contributed by atoms with Crippen LogP contribution in [-0.4, -0.2) is 19.5 Å². The average Bonchev–Trinajstić information content (AvgIpc) is 3.91. The van der Waals surface area contributed by atoms with E-state index in [-0.39, 0.29) is 0 Å². The Morgan fingerprint density at radius 2 is 0.922 bits per heavy atom. The fourth-order valence-corrected chi connectivity index (χ4v) is 9.64. The predicted molar refractivity (Wildman–Crippen MR) is 264 cm³/mol. The number of hydrogen-bond acceptors (Lipinski definition) is 4. The van der Waals surface area contributed by atoms with E-state index in [2.05, 4.69) is 180 Å². The second-order valence-electron chi connectivity index (χ2n) is 16.3. The molecule has 298 valence electrons. The fourth-order valence-electron chi connectivity index (χ4n) is 9.64. The van der Waals surface area contributed by atoms with Gasteiger partial charge in [-0.2, -0.15) is 0 Å². The molecule has 3 heterocycles. The third-order valence-corrected chi connectivity index (χ3v) is 12.6. The lowest BCUT2D eigenvalue weighted by atomic mass is 9.91. The van der Waals surface area contributed by atoms with E-state index in [4.69, 9.17) is 19.4 Å². The van der Waals surface area contributed by atoms with E-state index in [0.717, 1.165) is 88.4 Å². The maximum Gasteiger partial charge on any atom is 0.167 e. The minimum atomic E-state index is 0.544. The van der Waals surface area contributed by atoms with Crippen molar-refractivity contribution in [3.63, 3.8) is 0 Å². The van der Waals surface area contributed by atoms with Gasteiger partial charge >= 0.3 is 0 Å². The zero-order chi connectivity index (χ0) is 42.1. The highest BCUT2D eigenvalue weighted by Gasteiger charge is 2.24. The van der Waals surface area contributed by atoms with E-state index in [1.165, 1.54) is 21.5 Å². The smallest absolute Gasteiger partial charge is 0.167 e. The molecule has 5 heteroatoms. The summed E-state index contributed by atoms with van der Waals surface area (Å²) in [5.74, 6) is 1.70. The lowest BCUT2D eigenvalue weighted by Gasteiger charge is -2.21. The Morgan fingerprint density at radius 1 is 0.312 bits per heavy atom. The van der Waals surface area contributed by atoms with Gasteiger partial charge in [-0.05, 0) is 75.3 Å². The van der Waals surface area contributed by atoms with Crippen LogP contribution in [0.25, 0.3) is 127 Å². The lowest BCUT2D eigenvalue weighted by Crippen LogP contribution is -2.04. The Bertz CT molecular complexity index is 3950. The molecule has 0 bridgehead atoms. The van der Waals surface area contributed by atoms with Gasteiger partial charge in [0.15, 0.2) is 17.5 Å². The molecule has 5 nitrogen and oxygen atoms in total. The van der Waals surface area contributed by atoms with Gasteiger partial charge in [-0.25, -0.2) is 15.0 Å². The third-order valence-electron chi connectivity index (χ3n) is 12.6. The first kappa shape index (κ1) is 36.0. The summed E-state index contributed by atoms with van der Waals surface area (Å²) in [7, 11) is 0. The van der Waals surface area contributed by atoms with Gasteiger partial charge in [-0.1, -0.05) is 176 Å². The summed E-state index contributed by atoms with van der Waals surface area (Å²) in [5, 5.41) is 8.99. The van der Waals surface area contributed by atoms with Crippen LogP contribution >= 0.6 is 0 Å². The summed E-state index contributed by atoms with van der Waals surface area (Å²) in [6.45, 7) is 0. The van der Waals surface area contributed by atoms with Gasteiger partial charge in [0.1, 0.15) is 11.2 Å². The molecule has 13 rings (SSSR count). The molecular weight excluding hydrogens is 781 g/mol. The van der Waals surface area contributed by atoms with Gasteiger partial charge < -0.3 is 8.98 Å². The van der Waals surface area contributed by atoms with Gasteiger partial charge in [-0.3, -0.25) is 0 Å². The zero-order valence-electron chi connectivity index (χ0n) is 34.5. The third kappa shape index (κ3) is 5.75. The number of rotatable bonds is 6. The number of benzene rings is 10. The van der Waals surface area contributed by atoms with E-state index in [9.17, 15) is 0 Å². The van der Waals surface area contributed by atoms with Crippen LogP contribution in [0.4, 0.5) is 0 Å². The van der Waals surface area contributed by atoms with Crippen molar-refractivity contribution in [1.29, 1.82) is 0 Å². The van der Waals surface area contributed by atoms with Gasteiger partial charge in [0.25, 0.3) is 0 Å². The number of fused-ring (bicyclic) bond motifs is 8. The Labute approximate surface area is 368 Å². The first-order chi connectivity index (χ1) is 31.7. The monoisotopic (exact) mass is 816 g/mol. The molecule has 13 aromatic rings. The van der Waals surface area contributed by atoms with Crippen molar-refractivity contribution in [2.75, 3.05) is 0 Å². The van der Waals surface area contributed by atoms with Crippen LogP contribution in [0.2, 0.25) is 0 Å². The van der Waals surface area contributed by atoms with Crippen molar-refractivity contribution < 1.29 is 4.42 Å². The molecule has 0 spiro atoms. The Morgan fingerprint density at radius 3 is 1.70 bits per heavy atom. The molecule has 64 heavy (non-hydrogen) atoms. The molecule has 0 atom stereocenters. The first-order valence-electron chi connectivity index (χ1n) is 21.6. The molecule has 0 radical (unpaired) electrons. The molecule has 0 saturated heterocycles. The van der Waals surface area contributed by atoms with Gasteiger partial charge in [0, 0.05) is 43.6 Å². The molecule has 0 saturated carbocycles. The van der Waals surface area contributed by atoms with Gasteiger partial charge in [0.05, 0.1) is 22.3 Å². The van der Waals surface area contributed by atoms with Crippen molar-refractivity contribution >= 4 is 65.3 Å². The summed E-state index contributed by atoms with van der Waals surface area (Å²) in [4.78, 5) is 16.0. The molecule has 0 aliphatic carbocycles. The standard InChI is InChI=1S/C59H36N4O/c1-4-17-37(18-5-1)42-31-32-43-50(34-42)55(63-52-29-14-12-25-44(52)49-33-40-23-10-11-24-41(40)35-53(49)63)48(38-19-6-2-7-20-38)36-51(43)59-61-57(39-21-8-3-9-22-39)60-58(62-59)47-28-16-27-46-45-26-13-15-30-54(45)64-56(46)47/h1-36H. The molecule has 10 aromatic carbocycles. The van der Waals surface area contributed by atoms with E-state index in [1.54, 1.807) is 0 Å². The molecule has 0 fully saturated rings. The summed E-state index contributed by atoms with van der Waals surface area (Å²) in [6, 6.07) is 77.1. The summed E-state index contributed by atoms with van der Waals surface area (Å²) in [5.41, 5.74) is 12.0. The van der Waals surface area contributed by atoms with Crippen LogP contribution in [0.3, 0.4) is 0 Å². The molecule has 0 aliphatic heterocycles. The molecule has 0 aliphatic rings. The topological polar surface area (TPSA) is 56.7 Å². The van der Waals surface area contributed by atoms with Crippen molar-refractivity contribution in [1.82, 2.24) is 19.5 Å². The van der Waals surface area contributed by atoms with Crippen LogP contribution in [0.1, 0.15) is 0 Å². The van der Waals surface area contributed by atoms with Crippen molar-refractivity contribution in [3.8, 4) is 62.1 Å². The van der Waals surface area contributed by atoms with E-state index < -0.39 is 0 Å². The molecular formula is C59H36N4O. The summed E-state index contributed by atoms with van der Waals surface area (Å²) in [6.07, 6.45) is 0. The second kappa shape index (κ2) is 14.5. The normalized spacial score (nSPS) is 11.8. The molecule has 0 amide bonds. The number of furan rings is 1. The van der Waals surface area contributed by atoms with Crippen LogP contribution in [0, 0.1) is 0 Å². The predicted octanol–water partition coefficient (Wildman–Crippen LogP) is 15.5. The molecule has 0 N–H and O–H groups in total. The Hall–Kier alpha value is -8.67. The van der Waals surface area contributed by atoms with Crippen LogP contribution < -0.4 is 0 Å². The van der Waals surface area contributed by atoms with E-state index in [0.29, 0.717) is 17.5 Å². The van der Waals surface area contributed by atoms with Crippen LogP contribution in [0.5, 0.6) is 0 Å². The highest BCUT2D eigenvalue weighted by Crippen LogP contribution is 2.45. The number of hydrogen-bond donors (Lipinski definition) is 0. The van der Waals surface area contributed by atoms with E-state index in [1.807, 2.05) is 42.5 Å². The highest BCUT2D eigenvalue weighted by atomic mass is 16.3. The number of aromatic nitrogens is 4. The number of nitrogens with zero attached hydrogens (tertiary/aromatic N) is 4.